The zero-order valence-electron chi connectivity index (χ0n) is 6.94. The quantitative estimate of drug-likeness (QED) is 0.763. The number of pyridine rings is 1. The van der Waals surface area contributed by atoms with Crippen LogP contribution in [-0.4, -0.2) is 14.6 Å². The van der Waals surface area contributed by atoms with E-state index < -0.39 is 0 Å². The molecule has 4 heteroatoms. The maximum atomic E-state index is 4.48. The van der Waals surface area contributed by atoms with Crippen LogP contribution in [0.15, 0.2) is 22.8 Å². The molecular weight excluding hydrogens is 230 g/mol. The van der Waals surface area contributed by atoms with Crippen LogP contribution in [0.5, 0.6) is 0 Å². The zero-order valence-corrected chi connectivity index (χ0v) is 8.53. The summed E-state index contributed by atoms with van der Waals surface area (Å²) in [6.45, 7) is 0. The van der Waals surface area contributed by atoms with E-state index in [-0.39, 0.29) is 0 Å². The molecule has 0 radical (unpaired) electrons. The van der Waals surface area contributed by atoms with Crippen LogP contribution in [0, 0.1) is 0 Å². The summed E-state index contributed by atoms with van der Waals surface area (Å²) in [6, 6.07) is 3.95. The molecule has 2 aromatic heterocycles. The van der Waals surface area contributed by atoms with Crippen molar-refractivity contribution in [3.05, 3.63) is 28.6 Å². The molecule has 13 heavy (non-hydrogen) atoms. The molecule has 3 rings (SSSR count). The Labute approximate surface area is 83.9 Å². The molecule has 0 N–H and O–H groups in total. The SMILES string of the molecule is Brc1cccn2nc(C3CC3)nc12. The molecule has 66 valence electrons. The van der Waals surface area contributed by atoms with Crippen molar-refractivity contribution in [1.82, 2.24) is 14.6 Å². The van der Waals surface area contributed by atoms with E-state index in [0.717, 1.165) is 15.9 Å². The van der Waals surface area contributed by atoms with E-state index in [4.69, 9.17) is 0 Å². The summed E-state index contributed by atoms with van der Waals surface area (Å²) in [5.41, 5.74) is 0.921. The molecular formula is C9H8BrN3. The molecule has 0 unspecified atom stereocenters. The molecule has 1 saturated carbocycles. The van der Waals surface area contributed by atoms with Crippen LogP contribution in [0.4, 0.5) is 0 Å². The van der Waals surface area contributed by atoms with Crippen molar-refractivity contribution in [3.63, 3.8) is 0 Å². The Hall–Kier alpha value is -0.900. The Bertz CT molecular complexity index is 459. The van der Waals surface area contributed by atoms with Gasteiger partial charge in [0, 0.05) is 12.1 Å². The third-order valence-corrected chi connectivity index (χ3v) is 2.89. The van der Waals surface area contributed by atoms with E-state index in [0.29, 0.717) is 5.92 Å². The summed E-state index contributed by atoms with van der Waals surface area (Å²) in [7, 11) is 0. The molecule has 1 aliphatic carbocycles. The average molecular weight is 238 g/mol. The van der Waals surface area contributed by atoms with Crippen molar-refractivity contribution in [2.24, 2.45) is 0 Å². The first-order chi connectivity index (χ1) is 6.34. The summed E-state index contributed by atoms with van der Waals surface area (Å²) in [4.78, 5) is 4.48. The number of hydrogen-bond acceptors (Lipinski definition) is 2. The highest BCUT2D eigenvalue weighted by Crippen LogP contribution is 2.38. The second kappa shape index (κ2) is 2.54. The number of aromatic nitrogens is 3. The Kier molecular flexibility index (Phi) is 1.47. The molecule has 1 aliphatic rings. The minimum Gasteiger partial charge on any atom is -0.220 e. The van der Waals surface area contributed by atoms with Gasteiger partial charge in [-0.3, -0.25) is 0 Å². The maximum absolute atomic E-state index is 4.48. The molecule has 0 atom stereocenters. The molecule has 1 fully saturated rings. The lowest BCUT2D eigenvalue weighted by atomic mass is 10.4. The molecule has 0 spiro atoms. The summed E-state index contributed by atoms with van der Waals surface area (Å²) in [5.74, 6) is 1.61. The van der Waals surface area contributed by atoms with Crippen LogP contribution in [0.3, 0.4) is 0 Å². The van der Waals surface area contributed by atoms with E-state index in [2.05, 4.69) is 26.0 Å². The molecule has 0 aliphatic heterocycles. The number of hydrogen-bond donors (Lipinski definition) is 0. The summed E-state index contributed by atoms with van der Waals surface area (Å²) in [5, 5.41) is 4.41. The molecule has 0 amide bonds. The lowest BCUT2D eigenvalue weighted by Crippen LogP contribution is -1.86. The van der Waals surface area contributed by atoms with Crippen molar-refractivity contribution in [2.45, 2.75) is 18.8 Å². The maximum Gasteiger partial charge on any atom is 0.169 e. The third-order valence-electron chi connectivity index (χ3n) is 2.27. The standard InChI is InChI=1S/C9H8BrN3/c10-7-2-1-5-13-9(7)11-8(12-13)6-3-4-6/h1-2,5-6H,3-4H2. The van der Waals surface area contributed by atoms with Crippen molar-refractivity contribution < 1.29 is 0 Å². The van der Waals surface area contributed by atoms with Gasteiger partial charge in [-0.1, -0.05) is 0 Å². The highest BCUT2D eigenvalue weighted by molar-refractivity contribution is 9.10. The van der Waals surface area contributed by atoms with Gasteiger partial charge in [-0.15, -0.1) is 0 Å². The van der Waals surface area contributed by atoms with Gasteiger partial charge in [-0.2, -0.15) is 5.10 Å². The van der Waals surface area contributed by atoms with Gasteiger partial charge in [0.25, 0.3) is 0 Å². The fourth-order valence-corrected chi connectivity index (χ4v) is 1.83. The molecule has 0 aromatic carbocycles. The van der Waals surface area contributed by atoms with Gasteiger partial charge in [0.2, 0.25) is 0 Å². The van der Waals surface area contributed by atoms with Gasteiger partial charge in [0.15, 0.2) is 11.5 Å². The highest BCUT2D eigenvalue weighted by Gasteiger charge is 2.28. The normalized spacial score (nSPS) is 16.7. The molecule has 2 aromatic rings. The first-order valence-electron chi connectivity index (χ1n) is 4.35. The van der Waals surface area contributed by atoms with Gasteiger partial charge in [-0.25, -0.2) is 9.50 Å². The Morgan fingerprint density at radius 2 is 2.31 bits per heavy atom. The summed E-state index contributed by atoms with van der Waals surface area (Å²) >= 11 is 3.46. The minimum atomic E-state index is 0.617. The number of halogens is 1. The zero-order chi connectivity index (χ0) is 8.84. The van der Waals surface area contributed by atoms with Crippen molar-refractivity contribution in [1.29, 1.82) is 0 Å². The van der Waals surface area contributed by atoms with Gasteiger partial charge < -0.3 is 0 Å². The average Bonchev–Trinajstić information content (AvgIpc) is 2.87. The second-order valence-corrected chi connectivity index (χ2v) is 4.22. The van der Waals surface area contributed by atoms with Crippen LogP contribution < -0.4 is 0 Å². The van der Waals surface area contributed by atoms with Gasteiger partial charge in [-0.05, 0) is 40.9 Å². The van der Waals surface area contributed by atoms with Crippen LogP contribution in [0.1, 0.15) is 24.6 Å². The summed E-state index contributed by atoms with van der Waals surface area (Å²) < 4.78 is 2.84. The predicted octanol–water partition coefficient (Wildman–Crippen LogP) is 2.37. The number of rotatable bonds is 1. The molecule has 3 nitrogen and oxygen atoms in total. The van der Waals surface area contributed by atoms with Gasteiger partial charge >= 0.3 is 0 Å². The first kappa shape index (κ1) is 7.50. The second-order valence-electron chi connectivity index (χ2n) is 3.37. The van der Waals surface area contributed by atoms with Crippen molar-refractivity contribution in [2.75, 3.05) is 0 Å². The smallest absolute Gasteiger partial charge is 0.169 e. The summed E-state index contributed by atoms with van der Waals surface area (Å²) in [6.07, 6.45) is 4.42. The fourth-order valence-electron chi connectivity index (χ4n) is 1.40. The predicted molar refractivity (Wildman–Crippen MR) is 52.7 cm³/mol. The Balaban J connectivity index is 2.26. The van der Waals surface area contributed by atoms with Crippen LogP contribution in [0.2, 0.25) is 0 Å². The fraction of sp³-hybridized carbons (Fsp3) is 0.333. The Morgan fingerprint density at radius 1 is 1.46 bits per heavy atom. The van der Waals surface area contributed by atoms with E-state index in [9.17, 15) is 0 Å². The monoisotopic (exact) mass is 237 g/mol. The highest BCUT2D eigenvalue weighted by atomic mass is 79.9. The van der Waals surface area contributed by atoms with Crippen LogP contribution in [-0.2, 0) is 0 Å². The molecule has 2 heterocycles. The first-order valence-corrected chi connectivity index (χ1v) is 5.15. The minimum absolute atomic E-state index is 0.617. The van der Waals surface area contributed by atoms with Crippen LogP contribution in [0.25, 0.3) is 5.65 Å². The van der Waals surface area contributed by atoms with E-state index >= 15 is 0 Å². The van der Waals surface area contributed by atoms with Crippen molar-refractivity contribution in [3.8, 4) is 0 Å². The largest absolute Gasteiger partial charge is 0.220 e. The lowest BCUT2D eigenvalue weighted by molar-refractivity contribution is 0.877. The van der Waals surface area contributed by atoms with Gasteiger partial charge in [0.05, 0.1) is 4.47 Å². The number of nitrogens with zero attached hydrogens (tertiary/aromatic N) is 3. The number of fused-ring (bicyclic) bond motifs is 1. The van der Waals surface area contributed by atoms with E-state index in [1.54, 1.807) is 0 Å². The Morgan fingerprint density at radius 3 is 3.00 bits per heavy atom. The van der Waals surface area contributed by atoms with Gasteiger partial charge in [0.1, 0.15) is 0 Å². The van der Waals surface area contributed by atoms with E-state index in [1.165, 1.54) is 12.8 Å². The third kappa shape index (κ3) is 1.16. The van der Waals surface area contributed by atoms with Crippen molar-refractivity contribution >= 4 is 21.6 Å². The van der Waals surface area contributed by atoms with E-state index in [1.807, 2.05) is 22.8 Å². The topological polar surface area (TPSA) is 30.2 Å². The van der Waals surface area contributed by atoms with Crippen LogP contribution >= 0.6 is 15.9 Å². The molecule has 0 bridgehead atoms. The molecule has 0 saturated heterocycles. The lowest BCUT2D eigenvalue weighted by Gasteiger charge is -1.90.